The van der Waals surface area contributed by atoms with Crippen LogP contribution in [0.5, 0.6) is 0 Å². The van der Waals surface area contributed by atoms with Crippen LogP contribution < -0.4 is 0 Å². The molecule has 3 heteroatoms. The monoisotopic (exact) mass is 268 g/mol. The van der Waals surface area contributed by atoms with Crippen molar-refractivity contribution < 1.29 is 14.3 Å². The van der Waals surface area contributed by atoms with E-state index in [1.54, 1.807) is 43.3 Å². The highest BCUT2D eigenvalue weighted by Gasteiger charge is 2.25. The van der Waals surface area contributed by atoms with Crippen molar-refractivity contribution in [2.45, 2.75) is 19.4 Å². The lowest BCUT2D eigenvalue weighted by Gasteiger charge is -2.17. The van der Waals surface area contributed by atoms with E-state index < -0.39 is 6.10 Å². The molecule has 0 saturated heterocycles. The molecule has 102 valence electrons. The second-order valence-corrected chi connectivity index (χ2v) is 4.36. The van der Waals surface area contributed by atoms with Crippen LogP contribution in [0.15, 0.2) is 60.7 Å². The minimum atomic E-state index is -0.883. The highest BCUT2D eigenvalue weighted by Crippen LogP contribution is 2.23. The Balaban J connectivity index is 2.32. The van der Waals surface area contributed by atoms with Gasteiger partial charge < -0.3 is 4.74 Å². The maximum Gasteiger partial charge on any atom is 0.306 e. The van der Waals surface area contributed by atoms with Crippen LogP contribution in [0.1, 0.15) is 35.4 Å². The van der Waals surface area contributed by atoms with Gasteiger partial charge >= 0.3 is 5.97 Å². The summed E-state index contributed by atoms with van der Waals surface area (Å²) in [6, 6.07) is 17.9. The number of hydrogen-bond donors (Lipinski definition) is 0. The molecule has 0 radical (unpaired) electrons. The zero-order chi connectivity index (χ0) is 14.4. The molecule has 0 aromatic heterocycles. The smallest absolute Gasteiger partial charge is 0.306 e. The van der Waals surface area contributed by atoms with Crippen LogP contribution in [0.2, 0.25) is 0 Å². The van der Waals surface area contributed by atoms with Crippen molar-refractivity contribution >= 4 is 11.8 Å². The van der Waals surface area contributed by atoms with Crippen LogP contribution in [0.3, 0.4) is 0 Å². The predicted molar refractivity (Wildman–Crippen MR) is 76.3 cm³/mol. The lowest BCUT2D eigenvalue weighted by Crippen LogP contribution is -2.19. The van der Waals surface area contributed by atoms with Crippen molar-refractivity contribution in [3.05, 3.63) is 71.8 Å². The molecule has 0 bridgehead atoms. The Kier molecular flexibility index (Phi) is 4.66. The van der Waals surface area contributed by atoms with Gasteiger partial charge in [-0.2, -0.15) is 0 Å². The van der Waals surface area contributed by atoms with Crippen LogP contribution in [-0.2, 0) is 9.53 Å². The number of benzene rings is 2. The van der Waals surface area contributed by atoms with Crippen LogP contribution >= 0.6 is 0 Å². The average molecular weight is 268 g/mol. The Bertz CT molecular complexity index is 576. The summed E-state index contributed by atoms with van der Waals surface area (Å²) in [4.78, 5) is 24.1. The van der Waals surface area contributed by atoms with Crippen molar-refractivity contribution in [3.8, 4) is 0 Å². The second kappa shape index (κ2) is 6.66. The largest absolute Gasteiger partial charge is 0.449 e. The lowest BCUT2D eigenvalue weighted by molar-refractivity contribution is -0.146. The third-order valence-corrected chi connectivity index (χ3v) is 2.94. The highest BCUT2D eigenvalue weighted by molar-refractivity contribution is 6.00. The summed E-state index contributed by atoms with van der Waals surface area (Å²) in [6.45, 7) is 1.71. The molecule has 0 N–H and O–H groups in total. The van der Waals surface area contributed by atoms with Crippen molar-refractivity contribution in [2.75, 3.05) is 0 Å². The van der Waals surface area contributed by atoms with Crippen molar-refractivity contribution in [3.63, 3.8) is 0 Å². The number of ether oxygens (including phenoxy) is 1. The quantitative estimate of drug-likeness (QED) is 0.615. The normalized spacial score (nSPS) is 11.7. The van der Waals surface area contributed by atoms with Gasteiger partial charge in [0.15, 0.2) is 6.10 Å². The van der Waals surface area contributed by atoms with E-state index >= 15 is 0 Å². The second-order valence-electron chi connectivity index (χ2n) is 4.36. The van der Waals surface area contributed by atoms with Crippen LogP contribution in [-0.4, -0.2) is 11.8 Å². The third kappa shape index (κ3) is 3.32. The molecule has 0 heterocycles. The fraction of sp³-hybridized carbons (Fsp3) is 0.176. The van der Waals surface area contributed by atoms with Gasteiger partial charge in [-0.1, -0.05) is 67.6 Å². The fourth-order valence-corrected chi connectivity index (χ4v) is 1.87. The Morgan fingerprint density at radius 2 is 1.50 bits per heavy atom. The van der Waals surface area contributed by atoms with E-state index in [4.69, 9.17) is 4.74 Å². The van der Waals surface area contributed by atoms with Gasteiger partial charge in [0.25, 0.3) is 0 Å². The first-order chi connectivity index (χ1) is 9.72. The van der Waals surface area contributed by atoms with Crippen LogP contribution in [0.25, 0.3) is 0 Å². The van der Waals surface area contributed by atoms with E-state index in [1.165, 1.54) is 0 Å². The molecule has 0 saturated carbocycles. The predicted octanol–water partition coefficient (Wildman–Crippen LogP) is 3.56. The molecule has 2 aromatic carbocycles. The zero-order valence-electron chi connectivity index (χ0n) is 11.3. The lowest BCUT2D eigenvalue weighted by atomic mass is 10.00. The number of hydrogen-bond acceptors (Lipinski definition) is 3. The van der Waals surface area contributed by atoms with E-state index in [0.29, 0.717) is 11.1 Å². The maximum absolute atomic E-state index is 12.5. The molecule has 0 aliphatic heterocycles. The Morgan fingerprint density at radius 3 is 2.05 bits per heavy atom. The van der Waals surface area contributed by atoms with Gasteiger partial charge in [-0.3, -0.25) is 9.59 Å². The molecule has 1 atom stereocenters. The average Bonchev–Trinajstić information content (AvgIpc) is 2.53. The summed E-state index contributed by atoms with van der Waals surface area (Å²) in [5.74, 6) is -0.596. The summed E-state index contributed by atoms with van der Waals surface area (Å²) in [5, 5.41) is 0. The number of carbonyl (C=O) groups excluding carboxylic acids is 2. The topological polar surface area (TPSA) is 43.4 Å². The highest BCUT2D eigenvalue weighted by atomic mass is 16.5. The minimum Gasteiger partial charge on any atom is -0.449 e. The minimum absolute atomic E-state index is 0.210. The number of esters is 1. The van der Waals surface area contributed by atoms with E-state index in [0.717, 1.165) is 0 Å². The van der Waals surface area contributed by atoms with Crippen LogP contribution in [0.4, 0.5) is 0 Å². The molecule has 1 unspecified atom stereocenters. The Hall–Kier alpha value is -2.42. The standard InChI is InChI=1S/C17H16O3/c1-2-15(18)20-17(14-11-7-4-8-12-14)16(19)13-9-5-3-6-10-13/h3-12,17H,2H2,1H3. The summed E-state index contributed by atoms with van der Waals surface area (Å²) in [6.07, 6.45) is -0.642. The Labute approximate surface area is 118 Å². The number of rotatable bonds is 5. The Morgan fingerprint density at radius 1 is 0.950 bits per heavy atom. The van der Waals surface area contributed by atoms with E-state index in [-0.39, 0.29) is 18.2 Å². The molecular formula is C17H16O3. The molecule has 0 aliphatic carbocycles. The van der Waals surface area contributed by atoms with Gasteiger partial charge in [0.05, 0.1) is 0 Å². The summed E-state index contributed by atoms with van der Waals surface area (Å²) in [5.41, 5.74) is 1.22. The molecule has 0 amide bonds. The molecular weight excluding hydrogens is 252 g/mol. The molecule has 0 spiro atoms. The number of ketones is 1. The molecule has 2 rings (SSSR count). The molecule has 0 fully saturated rings. The third-order valence-electron chi connectivity index (χ3n) is 2.94. The van der Waals surface area contributed by atoms with Crippen molar-refractivity contribution in [1.29, 1.82) is 0 Å². The molecule has 3 nitrogen and oxygen atoms in total. The van der Waals surface area contributed by atoms with Gasteiger partial charge in [-0.15, -0.1) is 0 Å². The van der Waals surface area contributed by atoms with E-state index in [1.807, 2.05) is 24.3 Å². The van der Waals surface area contributed by atoms with Crippen molar-refractivity contribution in [1.82, 2.24) is 0 Å². The summed E-state index contributed by atoms with van der Waals surface area (Å²) in [7, 11) is 0. The summed E-state index contributed by atoms with van der Waals surface area (Å²) < 4.78 is 5.31. The van der Waals surface area contributed by atoms with Crippen LogP contribution in [0, 0.1) is 0 Å². The van der Waals surface area contributed by atoms with E-state index in [9.17, 15) is 9.59 Å². The van der Waals surface area contributed by atoms with Gasteiger partial charge in [0, 0.05) is 17.5 Å². The first kappa shape index (κ1) is 14.0. The first-order valence-electron chi connectivity index (χ1n) is 6.56. The fourth-order valence-electron chi connectivity index (χ4n) is 1.87. The number of Topliss-reactive ketones (excluding diaryl/α,β-unsaturated/α-hetero) is 1. The molecule has 0 aliphatic rings. The van der Waals surface area contributed by atoms with E-state index in [2.05, 4.69) is 0 Å². The van der Waals surface area contributed by atoms with Gasteiger partial charge in [-0.25, -0.2) is 0 Å². The number of carbonyl (C=O) groups is 2. The zero-order valence-corrected chi connectivity index (χ0v) is 11.3. The van der Waals surface area contributed by atoms with Gasteiger partial charge in [0.2, 0.25) is 5.78 Å². The maximum atomic E-state index is 12.5. The van der Waals surface area contributed by atoms with Gasteiger partial charge in [-0.05, 0) is 0 Å². The SMILES string of the molecule is CCC(=O)OC(C(=O)c1ccccc1)c1ccccc1. The van der Waals surface area contributed by atoms with Crippen molar-refractivity contribution in [2.24, 2.45) is 0 Å². The molecule has 20 heavy (non-hydrogen) atoms. The first-order valence-corrected chi connectivity index (χ1v) is 6.56. The van der Waals surface area contributed by atoms with Gasteiger partial charge in [0.1, 0.15) is 0 Å². The summed E-state index contributed by atoms with van der Waals surface area (Å²) >= 11 is 0. The molecule has 2 aromatic rings.